The predicted octanol–water partition coefficient (Wildman–Crippen LogP) is 0.319. The third-order valence-corrected chi connectivity index (χ3v) is 2.52. The molecular formula is C10H13F3N4O4. The van der Waals surface area contributed by atoms with Gasteiger partial charge in [-0.2, -0.15) is 13.2 Å². The molecule has 1 unspecified atom stereocenters. The normalized spacial score (nSPS) is 13.0. The molecule has 0 fully saturated rings. The number of hydrogen-bond donors (Lipinski definition) is 2. The third-order valence-electron chi connectivity index (χ3n) is 2.52. The van der Waals surface area contributed by atoms with Gasteiger partial charge in [-0.25, -0.2) is 9.48 Å². The number of amides is 1. The van der Waals surface area contributed by atoms with Gasteiger partial charge in [-0.15, -0.1) is 5.10 Å². The SMILES string of the molecule is COCCNC(=O)C(C)n1nnc(C(=O)O)c1C(F)(F)F. The lowest BCUT2D eigenvalue weighted by atomic mass is 10.2. The van der Waals surface area contributed by atoms with Gasteiger partial charge in [0.05, 0.1) is 6.61 Å². The van der Waals surface area contributed by atoms with E-state index in [1.165, 1.54) is 7.11 Å². The Hall–Kier alpha value is -2.17. The molecular weight excluding hydrogens is 297 g/mol. The number of ether oxygens (including phenoxy) is 1. The Balaban J connectivity index is 3.07. The number of aromatic nitrogens is 3. The minimum absolute atomic E-state index is 0.0987. The zero-order valence-electron chi connectivity index (χ0n) is 11.1. The molecule has 0 bridgehead atoms. The van der Waals surface area contributed by atoms with Crippen molar-refractivity contribution in [2.24, 2.45) is 0 Å². The maximum absolute atomic E-state index is 12.9. The number of aromatic carboxylic acids is 1. The van der Waals surface area contributed by atoms with Crippen molar-refractivity contribution in [2.45, 2.75) is 19.1 Å². The van der Waals surface area contributed by atoms with Gasteiger partial charge >= 0.3 is 12.1 Å². The summed E-state index contributed by atoms with van der Waals surface area (Å²) in [6, 6.07) is -1.38. The fourth-order valence-electron chi connectivity index (χ4n) is 1.51. The highest BCUT2D eigenvalue weighted by molar-refractivity contribution is 5.87. The van der Waals surface area contributed by atoms with Gasteiger partial charge < -0.3 is 15.2 Å². The van der Waals surface area contributed by atoms with Crippen molar-refractivity contribution in [1.29, 1.82) is 0 Å². The molecule has 2 N–H and O–H groups in total. The van der Waals surface area contributed by atoms with Gasteiger partial charge in [-0.3, -0.25) is 4.79 Å². The van der Waals surface area contributed by atoms with Gasteiger partial charge in [0.25, 0.3) is 0 Å². The van der Waals surface area contributed by atoms with Crippen molar-refractivity contribution >= 4 is 11.9 Å². The van der Waals surface area contributed by atoms with E-state index >= 15 is 0 Å². The molecule has 0 saturated carbocycles. The third kappa shape index (κ3) is 3.90. The molecule has 11 heteroatoms. The molecule has 1 heterocycles. The number of rotatable bonds is 6. The van der Waals surface area contributed by atoms with Crippen LogP contribution in [0.4, 0.5) is 13.2 Å². The molecule has 0 spiro atoms. The lowest BCUT2D eigenvalue weighted by Crippen LogP contribution is -2.35. The van der Waals surface area contributed by atoms with E-state index in [-0.39, 0.29) is 17.8 Å². The molecule has 1 amide bonds. The number of carbonyl (C=O) groups is 2. The molecule has 0 aliphatic heterocycles. The molecule has 1 aromatic rings. The molecule has 0 aliphatic carbocycles. The summed E-state index contributed by atoms with van der Waals surface area (Å²) in [6.07, 6.45) is -5.00. The van der Waals surface area contributed by atoms with Crippen LogP contribution in [0.15, 0.2) is 0 Å². The highest BCUT2D eigenvalue weighted by atomic mass is 19.4. The topological polar surface area (TPSA) is 106 Å². The van der Waals surface area contributed by atoms with Crippen molar-refractivity contribution in [3.05, 3.63) is 11.4 Å². The zero-order valence-corrected chi connectivity index (χ0v) is 11.1. The molecule has 21 heavy (non-hydrogen) atoms. The number of hydrogen-bond acceptors (Lipinski definition) is 5. The van der Waals surface area contributed by atoms with E-state index in [1.54, 1.807) is 0 Å². The van der Waals surface area contributed by atoms with Gasteiger partial charge in [0.2, 0.25) is 11.6 Å². The Bertz CT molecular complexity index is 529. The maximum Gasteiger partial charge on any atom is 0.435 e. The van der Waals surface area contributed by atoms with Crippen LogP contribution >= 0.6 is 0 Å². The van der Waals surface area contributed by atoms with Crippen LogP contribution in [-0.2, 0) is 15.7 Å². The number of carboxylic acid groups (broad SMARTS) is 1. The molecule has 8 nitrogen and oxygen atoms in total. The van der Waals surface area contributed by atoms with Gasteiger partial charge in [-0.05, 0) is 6.92 Å². The molecule has 0 radical (unpaired) electrons. The number of carbonyl (C=O) groups excluding carboxylic acids is 1. The summed E-state index contributed by atoms with van der Waals surface area (Å²) in [4.78, 5) is 22.5. The minimum atomic E-state index is -5.00. The van der Waals surface area contributed by atoms with E-state index in [0.29, 0.717) is 0 Å². The lowest BCUT2D eigenvalue weighted by Gasteiger charge is -2.16. The van der Waals surface area contributed by atoms with Crippen molar-refractivity contribution in [1.82, 2.24) is 20.3 Å². The Kier molecular flexibility index (Phi) is 5.24. The molecule has 1 rings (SSSR count). The molecule has 118 valence electrons. The van der Waals surface area contributed by atoms with Crippen LogP contribution in [0.25, 0.3) is 0 Å². The molecule has 1 aromatic heterocycles. The second kappa shape index (κ2) is 6.52. The number of nitrogens with one attached hydrogen (secondary N) is 1. The summed E-state index contributed by atoms with van der Waals surface area (Å²) in [6.45, 7) is 1.43. The van der Waals surface area contributed by atoms with E-state index in [2.05, 4.69) is 20.4 Å². The fraction of sp³-hybridized carbons (Fsp3) is 0.600. The first-order valence-electron chi connectivity index (χ1n) is 5.72. The van der Waals surface area contributed by atoms with Gasteiger partial charge in [0, 0.05) is 13.7 Å². The van der Waals surface area contributed by atoms with Crippen LogP contribution in [0, 0.1) is 0 Å². The van der Waals surface area contributed by atoms with E-state index < -0.39 is 35.5 Å². The van der Waals surface area contributed by atoms with Crippen LogP contribution in [0.5, 0.6) is 0 Å². The number of alkyl halides is 3. The van der Waals surface area contributed by atoms with Crippen LogP contribution < -0.4 is 5.32 Å². The van der Waals surface area contributed by atoms with Crippen LogP contribution in [0.1, 0.15) is 29.1 Å². The second-order valence-electron chi connectivity index (χ2n) is 3.99. The average Bonchev–Trinajstić information content (AvgIpc) is 2.82. The predicted molar refractivity (Wildman–Crippen MR) is 61.6 cm³/mol. The molecule has 0 aliphatic rings. The van der Waals surface area contributed by atoms with Gasteiger partial charge in [-0.1, -0.05) is 5.21 Å². The Labute approximate surface area is 116 Å². The highest BCUT2D eigenvalue weighted by Gasteiger charge is 2.43. The fourth-order valence-corrected chi connectivity index (χ4v) is 1.51. The lowest BCUT2D eigenvalue weighted by molar-refractivity contribution is -0.146. The van der Waals surface area contributed by atoms with Crippen LogP contribution in [0.3, 0.4) is 0 Å². The highest BCUT2D eigenvalue weighted by Crippen LogP contribution is 2.32. The number of nitrogens with zero attached hydrogens (tertiary/aromatic N) is 3. The molecule has 1 atom stereocenters. The summed E-state index contributed by atoms with van der Waals surface area (Å²) in [7, 11) is 1.40. The minimum Gasteiger partial charge on any atom is -0.476 e. The quantitative estimate of drug-likeness (QED) is 0.733. The molecule has 0 aromatic carbocycles. The summed E-state index contributed by atoms with van der Waals surface area (Å²) >= 11 is 0. The average molecular weight is 310 g/mol. The van der Waals surface area contributed by atoms with Crippen LogP contribution in [-0.4, -0.2) is 52.2 Å². The Morgan fingerprint density at radius 2 is 2.10 bits per heavy atom. The number of halogens is 3. The van der Waals surface area contributed by atoms with Gasteiger partial charge in [0.15, 0.2) is 5.69 Å². The first-order valence-corrected chi connectivity index (χ1v) is 5.72. The smallest absolute Gasteiger partial charge is 0.435 e. The number of carboxylic acids is 1. The van der Waals surface area contributed by atoms with Gasteiger partial charge in [0.1, 0.15) is 6.04 Å². The standard InChI is InChI=1S/C10H13F3N4O4/c1-5(8(18)14-3-4-21-2)17-7(10(11,12)13)6(9(19)20)15-16-17/h5H,3-4H2,1-2H3,(H,14,18)(H,19,20). The van der Waals surface area contributed by atoms with E-state index in [9.17, 15) is 22.8 Å². The first kappa shape index (κ1) is 16.9. The summed E-state index contributed by atoms with van der Waals surface area (Å²) in [5.74, 6) is -2.64. The Morgan fingerprint density at radius 3 is 2.57 bits per heavy atom. The van der Waals surface area contributed by atoms with Crippen LogP contribution in [0.2, 0.25) is 0 Å². The van der Waals surface area contributed by atoms with E-state index in [0.717, 1.165) is 6.92 Å². The first-order chi connectivity index (χ1) is 9.70. The zero-order chi connectivity index (χ0) is 16.2. The summed E-state index contributed by atoms with van der Waals surface area (Å²) in [5, 5.41) is 17.1. The van der Waals surface area contributed by atoms with E-state index in [1.807, 2.05) is 0 Å². The Morgan fingerprint density at radius 1 is 1.48 bits per heavy atom. The maximum atomic E-state index is 12.9. The second-order valence-corrected chi connectivity index (χ2v) is 3.99. The summed E-state index contributed by atoms with van der Waals surface area (Å²) < 4.78 is 43.7. The van der Waals surface area contributed by atoms with Crippen molar-refractivity contribution in [3.63, 3.8) is 0 Å². The van der Waals surface area contributed by atoms with E-state index in [4.69, 9.17) is 5.11 Å². The largest absolute Gasteiger partial charge is 0.476 e. The number of methoxy groups -OCH3 is 1. The summed E-state index contributed by atoms with van der Waals surface area (Å²) in [5.41, 5.74) is -2.83. The van der Waals surface area contributed by atoms with Crippen molar-refractivity contribution in [3.8, 4) is 0 Å². The molecule has 0 saturated heterocycles. The monoisotopic (exact) mass is 310 g/mol. The van der Waals surface area contributed by atoms with Crippen molar-refractivity contribution < 1.29 is 32.6 Å². The van der Waals surface area contributed by atoms with Crippen molar-refractivity contribution in [2.75, 3.05) is 20.3 Å².